The highest BCUT2D eigenvalue weighted by Crippen LogP contribution is 2.32. The van der Waals surface area contributed by atoms with Gasteiger partial charge in [-0.2, -0.15) is 0 Å². The highest BCUT2D eigenvalue weighted by atomic mass is 16.4. The quantitative estimate of drug-likeness (QED) is 0.0479. The molecule has 70 heavy (non-hydrogen) atoms. The molecule has 2 aromatic rings. The van der Waals surface area contributed by atoms with E-state index >= 15 is 0 Å². The van der Waals surface area contributed by atoms with E-state index in [0.29, 0.717) is 25.7 Å². The van der Waals surface area contributed by atoms with Crippen molar-refractivity contribution in [3.63, 3.8) is 0 Å². The standard InChI is InChI=1S/C62H96O8/c63-57(64)41-33-25-17-9-1-5-13-21-29-37-49-50(38-30-22-14-6-2-10-18-26-34-42-58(65)66)54-47-48-56-52(40-32-24-16-8-4-12-20-28-36-44-60(69)70)51(55-46-45-53(49)61(54)62(55)56)39-31-23-15-7-3-11-19-27-35-43-59(67)68/h45-48H,1-44H2,(H,63,64)(H,65,66)(H,67,68)(H,69,70). The minimum atomic E-state index is -0.683. The van der Waals surface area contributed by atoms with E-state index in [1.807, 2.05) is 0 Å². The van der Waals surface area contributed by atoms with Gasteiger partial charge in [-0.1, -0.05) is 204 Å². The molecule has 392 valence electrons. The van der Waals surface area contributed by atoms with Crippen molar-refractivity contribution in [2.45, 2.75) is 283 Å². The lowest BCUT2D eigenvalue weighted by Gasteiger charge is -2.11. The second kappa shape index (κ2) is 36.0. The van der Waals surface area contributed by atoms with E-state index in [0.717, 1.165) is 103 Å². The highest BCUT2D eigenvalue weighted by Gasteiger charge is 2.23. The number of unbranched alkanes of at least 4 members (excludes halogenated alkanes) is 32. The van der Waals surface area contributed by atoms with Crippen LogP contribution in [0.4, 0.5) is 0 Å². The Bertz CT molecular complexity index is 1830. The number of hydrogen-bond acceptors (Lipinski definition) is 4. The van der Waals surface area contributed by atoms with Crippen LogP contribution in [-0.2, 0) is 19.2 Å². The molecule has 0 atom stereocenters. The van der Waals surface area contributed by atoms with Crippen molar-refractivity contribution in [1.82, 2.24) is 0 Å². The predicted octanol–water partition coefficient (Wildman–Crippen LogP) is 15.0. The Balaban J connectivity index is 1.45. The Morgan fingerprint density at radius 2 is 0.371 bits per heavy atom. The first-order chi connectivity index (χ1) is 34.2. The second-order valence-corrected chi connectivity index (χ2v) is 21.3. The van der Waals surface area contributed by atoms with Gasteiger partial charge < -0.3 is 20.4 Å². The molecular formula is C62H96O8. The van der Waals surface area contributed by atoms with Crippen molar-refractivity contribution >= 4 is 56.9 Å². The van der Waals surface area contributed by atoms with Crippen LogP contribution in [0.5, 0.6) is 0 Å². The molecule has 2 aromatic carbocycles. The Hall–Kier alpha value is -3.94. The van der Waals surface area contributed by atoms with Gasteiger partial charge >= 0.3 is 23.9 Å². The average molecular weight is 969 g/mol. The second-order valence-electron chi connectivity index (χ2n) is 21.3. The zero-order chi connectivity index (χ0) is 50.0. The molecule has 4 rings (SSSR count). The molecule has 8 heteroatoms. The molecular weight excluding hydrogens is 873 g/mol. The van der Waals surface area contributed by atoms with Crippen LogP contribution in [0.15, 0.2) is 24.3 Å². The fraction of sp³-hybridized carbons (Fsp3) is 0.710. The Morgan fingerprint density at radius 1 is 0.229 bits per heavy atom. The van der Waals surface area contributed by atoms with Crippen LogP contribution >= 0.6 is 0 Å². The molecule has 0 spiro atoms. The Morgan fingerprint density at radius 3 is 0.529 bits per heavy atom. The molecule has 0 heterocycles. The molecule has 0 saturated heterocycles. The molecule has 4 N–H and O–H groups in total. The van der Waals surface area contributed by atoms with Crippen molar-refractivity contribution in [2.75, 3.05) is 0 Å². The average Bonchev–Trinajstić information content (AvgIpc) is 3.80. The number of carboxylic acid groups (broad SMARTS) is 4. The molecule has 0 amide bonds. The van der Waals surface area contributed by atoms with Crippen LogP contribution in [0, 0.1) is 0 Å². The fourth-order valence-corrected chi connectivity index (χ4v) is 11.6. The smallest absolute Gasteiger partial charge is 0.303 e. The maximum atomic E-state index is 10.8. The summed E-state index contributed by atoms with van der Waals surface area (Å²) >= 11 is 0. The summed E-state index contributed by atoms with van der Waals surface area (Å²) in [7, 11) is 0. The largest absolute Gasteiger partial charge is 0.481 e. The minimum Gasteiger partial charge on any atom is -0.481 e. The fourth-order valence-electron chi connectivity index (χ4n) is 11.6. The summed E-state index contributed by atoms with van der Waals surface area (Å²) in [6.45, 7) is 0. The van der Waals surface area contributed by atoms with E-state index < -0.39 is 23.9 Å². The van der Waals surface area contributed by atoms with Gasteiger partial charge in [-0.3, -0.25) is 19.2 Å². The molecule has 0 aliphatic heterocycles. The molecule has 2 aliphatic rings. The number of hydrogen-bond donors (Lipinski definition) is 4. The van der Waals surface area contributed by atoms with E-state index in [9.17, 15) is 19.2 Å². The van der Waals surface area contributed by atoms with Crippen molar-refractivity contribution < 1.29 is 39.6 Å². The minimum absolute atomic E-state index is 0.293. The van der Waals surface area contributed by atoms with Gasteiger partial charge in [-0.05, 0) is 131 Å². The normalized spacial score (nSPS) is 12.9. The molecule has 0 aromatic heterocycles. The molecule has 0 bridgehead atoms. The van der Waals surface area contributed by atoms with Gasteiger partial charge in [0, 0.05) is 25.7 Å². The first-order valence-electron chi connectivity index (χ1n) is 29.1. The predicted molar refractivity (Wildman–Crippen MR) is 290 cm³/mol. The molecule has 8 nitrogen and oxygen atoms in total. The lowest BCUT2D eigenvalue weighted by molar-refractivity contribution is -0.138. The molecule has 0 radical (unpaired) electrons. The van der Waals surface area contributed by atoms with Gasteiger partial charge in [0.1, 0.15) is 0 Å². The van der Waals surface area contributed by atoms with Crippen LogP contribution in [0.25, 0.3) is 33.1 Å². The summed E-state index contributed by atoms with van der Waals surface area (Å²) in [4.78, 5) is 43.4. The molecule has 2 aliphatic carbocycles. The monoisotopic (exact) mass is 969 g/mol. The van der Waals surface area contributed by atoms with E-state index in [1.165, 1.54) is 186 Å². The third-order valence-corrected chi connectivity index (χ3v) is 15.5. The van der Waals surface area contributed by atoms with E-state index in [1.54, 1.807) is 22.3 Å². The zero-order valence-electron chi connectivity index (χ0n) is 43.8. The molecule has 0 fully saturated rings. The van der Waals surface area contributed by atoms with Gasteiger partial charge in [-0.15, -0.1) is 0 Å². The van der Waals surface area contributed by atoms with Crippen LogP contribution in [-0.4, -0.2) is 44.3 Å². The number of benzene rings is 2. The molecule has 0 unspecified atom stereocenters. The SMILES string of the molecule is O=C(O)CCCCCCCCCCCC1=c2ccc3c4c(ccc(c24)=C1CCCCCCCCCCCC(=O)O)=C(CCCCCCCCCCCC(=O)O)C=3CCCCCCCCCCCC(=O)O. The lowest BCUT2D eigenvalue weighted by atomic mass is 9.93. The van der Waals surface area contributed by atoms with Gasteiger partial charge in [0.15, 0.2) is 0 Å². The van der Waals surface area contributed by atoms with Crippen molar-refractivity contribution in [3.8, 4) is 0 Å². The Kier molecular flexibility index (Phi) is 30.2. The first kappa shape index (κ1) is 58.6. The van der Waals surface area contributed by atoms with Crippen molar-refractivity contribution in [2.24, 2.45) is 0 Å². The van der Waals surface area contributed by atoms with Crippen LogP contribution in [0.1, 0.15) is 283 Å². The highest BCUT2D eigenvalue weighted by molar-refractivity contribution is 6.08. The van der Waals surface area contributed by atoms with E-state index in [-0.39, 0.29) is 0 Å². The summed E-state index contributed by atoms with van der Waals surface area (Å²) < 4.78 is 0. The third kappa shape index (κ3) is 22.6. The maximum absolute atomic E-state index is 10.8. The van der Waals surface area contributed by atoms with Gasteiger partial charge in [0.05, 0.1) is 0 Å². The van der Waals surface area contributed by atoms with Gasteiger partial charge in [-0.25, -0.2) is 0 Å². The third-order valence-electron chi connectivity index (χ3n) is 15.5. The van der Waals surface area contributed by atoms with Gasteiger partial charge in [0.25, 0.3) is 0 Å². The number of carbonyl (C=O) groups is 4. The Labute approximate surface area is 422 Å². The van der Waals surface area contributed by atoms with Gasteiger partial charge in [0.2, 0.25) is 0 Å². The van der Waals surface area contributed by atoms with E-state index in [2.05, 4.69) is 24.3 Å². The number of carboxylic acids is 4. The first-order valence-corrected chi connectivity index (χ1v) is 29.1. The van der Waals surface area contributed by atoms with Crippen molar-refractivity contribution in [1.29, 1.82) is 0 Å². The van der Waals surface area contributed by atoms with Crippen molar-refractivity contribution in [3.05, 3.63) is 45.1 Å². The number of aliphatic carboxylic acids is 4. The molecule has 0 saturated carbocycles. The van der Waals surface area contributed by atoms with Crippen LogP contribution in [0.3, 0.4) is 0 Å². The topological polar surface area (TPSA) is 149 Å². The lowest BCUT2D eigenvalue weighted by Crippen LogP contribution is -2.21. The summed E-state index contributed by atoms with van der Waals surface area (Å²) in [5.41, 5.74) is 6.43. The maximum Gasteiger partial charge on any atom is 0.303 e. The number of rotatable bonds is 48. The summed E-state index contributed by atoms with van der Waals surface area (Å²) in [5, 5.41) is 44.8. The van der Waals surface area contributed by atoms with Crippen LogP contribution < -0.4 is 20.9 Å². The zero-order valence-corrected chi connectivity index (χ0v) is 43.8. The van der Waals surface area contributed by atoms with Crippen LogP contribution in [0.2, 0.25) is 0 Å². The summed E-state index contributed by atoms with van der Waals surface area (Å²) in [5.74, 6) is -2.73. The summed E-state index contributed by atoms with van der Waals surface area (Å²) in [6, 6.07) is 10.0. The van der Waals surface area contributed by atoms with E-state index in [4.69, 9.17) is 20.4 Å². The summed E-state index contributed by atoms with van der Waals surface area (Å²) in [6.07, 6.45) is 47.4.